The molecule has 7 heteroatoms. The molecule has 1 N–H and O–H groups in total. The van der Waals surface area contributed by atoms with Gasteiger partial charge in [-0.15, -0.1) is 0 Å². The first-order valence-corrected chi connectivity index (χ1v) is 14.6. The van der Waals surface area contributed by atoms with E-state index in [4.69, 9.17) is 9.47 Å². The minimum Gasteiger partial charge on any atom is -0.507 e. The van der Waals surface area contributed by atoms with Crippen LogP contribution in [-0.2, 0) is 26.3 Å². The Balaban J connectivity index is 1.43. The van der Waals surface area contributed by atoms with Gasteiger partial charge in [-0.25, -0.2) is 0 Å². The van der Waals surface area contributed by atoms with Gasteiger partial charge in [-0.1, -0.05) is 74.9 Å². The van der Waals surface area contributed by atoms with Crippen LogP contribution < -0.4 is 4.74 Å². The quantitative estimate of drug-likeness (QED) is 0.216. The van der Waals surface area contributed by atoms with Gasteiger partial charge in [0.1, 0.15) is 18.1 Å². The fraction of sp³-hybridized carbons (Fsp3) is 0.371. The zero-order valence-electron chi connectivity index (χ0n) is 24.9. The molecule has 0 bridgehead atoms. The van der Waals surface area contributed by atoms with Crippen LogP contribution in [0.1, 0.15) is 54.6 Å². The number of morpholine rings is 1. The molecule has 2 fully saturated rings. The van der Waals surface area contributed by atoms with Gasteiger partial charge in [0.25, 0.3) is 11.7 Å². The Morgan fingerprint density at radius 2 is 1.64 bits per heavy atom. The lowest BCUT2D eigenvalue weighted by Crippen LogP contribution is -2.42. The largest absolute Gasteiger partial charge is 0.507 e. The molecule has 2 heterocycles. The number of amides is 1. The molecule has 1 amide bonds. The van der Waals surface area contributed by atoms with Crippen LogP contribution in [0.4, 0.5) is 0 Å². The smallest absolute Gasteiger partial charge is 0.295 e. The number of carbonyl (C=O) groups excluding carboxylic acids is 2. The summed E-state index contributed by atoms with van der Waals surface area (Å²) in [4.78, 5) is 30.7. The number of likely N-dealkylation sites (tertiary alicyclic amines) is 1. The van der Waals surface area contributed by atoms with Gasteiger partial charge in [-0.3, -0.25) is 14.5 Å². The Morgan fingerprint density at radius 1 is 0.952 bits per heavy atom. The summed E-state index contributed by atoms with van der Waals surface area (Å²) < 4.78 is 11.4. The highest BCUT2D eigenvalue weighted by Gasteiger charge is 2.46. The Kier molecular flexibility index (Phi) is 8.80. The van der Waals surface area contributed by atoms with Gasteiger partial charge in [0.15, 0.2) is 0 Å². The van der Waals surface area contributed by atoms with Crippen molar-refractivity contribution in [2.75, 3.05) is 39.4 Å². The Labute approximate surface area is 248 Å². The number of rotatable bonds is 8. The molecule has 3 aromatic carbocycles. The number of benzene rings is 3. The highest BCUT2D eigenvalue weighted by atomic mass is 16.5. The van der Waals surface area contributed by atoms with Gasteiger partial charge in [-0.05, 0) is 53.3 Å². The molecule has 42 heavy (non-hydrogen) atoms. The van der Waals surface area contributed by atoms with Gasteiger partial charge in [-0.2, -0.15) is 0 Å². The Morgan fingerprint density at radius 3 is 2.29 bits per heavy atom. The average Bonchev–Trinajstić information content (AvgIpc) is 3.24. The first-order chi connectivity index (χ1) is 20.1. The number of ether oxygens (including phenoxy) is 2. The lowest BCUT2D eigenvalue weighted by Gasteiger charge is -2.31. The van der Waals surface area contributed by atoms with Crippen LogP contribution in [0.3, 0.4) is 0 Å². The summed E-state index contributed by atoms with van der Waals surface area (Å²) in [7, 11) is 0. The summed E-state index contributed by atoms with van der Waals surface area (Å²) in [5, 5.41) is 11.5. The van der Waals surface area contributed by atoms with Crippen LogP contribution in [-0.4, -0.2) is 66.0 Å². The van der Waals surface area contributed by atoms with Gasteiger partial charge >= 0.3 is 0 Å². The van der Waals surface area contributed by atoms with Gasteiger partial charge in [0.2, 0.25) is 0 Å². The van der Waals surface area contributed by atoms with Crippen LogP contribution in [0.5, 0.6) is 5.75 Å². The van der Waals surface area contributed by atoms with E-state index in [2.05, 4.69) is 31.7 Å². The molecule has 3 aromatic rings. The molecule has 2 saturated heterocycles. The number of hydrogen-bond donors (Lipinski definition) is 1. The molecule has 0 aliphatic carbocycles. The van der Waals surface area contributed by atoms with E-state index in [9.17, 15) is 14.7 Å². The van der Waals surface area contributed by atoms with Crippen molar-refractivity contribution >= 4 is 17.4 Å². The second-order valence-corrected chi connectivity index (χ2v) is 12.1. The summed E-state index contributed by atoms with van der Waals surface area (Å²) in [5.41, 5.74) is 4.71. The van der Waals surface area contributed by atoms with Crippen molar-refractivity contribution in [1.29, 1.82) is 0 Å². The molecule has 7 nitrogen and oxygen atoms in total. The lowest BCUT2D eigenvalue weighted by atomic mass is 9.85. The van der Waals surface area contributed by atoms with Crippen molar-refractivity contribution in [1.82, 2.24) is 9.80 Å². The number of Topliss-reactive ketones (excluding diaryl/α,β-unsaturated/α-hetero) is 1. The molecular weight excluding hydrogens is 528 g/mol. The van der Waals surface area contributed by atoms with E-state index < -0.39 is 17.7 Å². The van der Waals surface area contributed by atoms with Crippen molar-refractivity contribution in [3.05, 3.63) is 106 Å². The van der Waals surface area contributed by atoms with E-state index in [0.717, 1.165) is 29.8 Å². The van der Waals surface area contributed by atoms with E-state index in [1.165, 1.54) is 5.56 Å². The zero-order chi connectivity index (χ0) is 29.9. The molecule has 2 aliphatic rings. The molecular formula is C35H40N2O5. The number of ketones is 1. The van der Waals surface area contributed by atoms with Gasteiger partial charge in [0.05, 0.1) is 24.8 Å². The molecule has 220 valence electrons. The Hall–Kier alpha value is -3.94. The third-order valence-electron chi connectivity index (χ3n) is 8.01. The number of aliphatic hydroxyl groups is 1. The van der Waals surface area contributed by atoms with Gasteiger partial charge < -0.3 is 19.5 Å². The van der Waals surface area contributed by atoms with Gasteiger partial charge in [0, 0.05) is 31.7 Å². The first-order valence-electron chi connectivity index (χ1n) is 14.6. The fourth-order valence-electron chi connectivity index (χ4n) is 5.53. The SMILES string of the molecule is Cc1cccc(COc2ccc(/C(O)=C3\C(=O)C(=O)N(CCN4CCOCC4)C3c3ccc(C(C)(C)C)cc3)cc2)c1. The molecule has 2 aliphatic heterocycles. The molecule has 5 rings (SSSR count). The summed E-state index contributed by atoms with van der Waals surface area (Å²) in [5.74, 6) is -0.794. The monoisotopic (exact) mass is 568 g/mol. The number of nitrogens with zero attached hydrogens (tertiary/aromatic N) is 2. The van der Waals surface area contributed by atoms with Crippen LogP contribution in [0.2, 0.25) is 0 Å². The highest BCUT2D eigenvalue weighted by molar-refractivity contribution is 6.46. The summed E-state index contributed by atoms with van der Waals surface area (Å²) in [6, 6.07) is 22.4. The molecule has 1 atom stereocenters. The van der Waals surface area contributed by atoms with Crippen LogP contribution in [0, 0.1) is 6.92 Å². The number of aliphatic hydroxyl groups excluding tert-OH is 1. The van der Waals surface area contributed by atoms with Crippen LogP contribution in [0.15, 0.2) is 78.4 Å². The number of carbonyl (C=O) groups is 2. The van der Waals surface area contributed by atoms with Crippen molar-refractivity contribution in [2.24, 2.45) is 0 Å². The molecule has 0 aromatic heterocycles. The topological polar surface area (TPSA) is 79.3 Å². The van der Waals surface area contributed by atoms with Crippen molar-refractivity contribution in [2.45, 2.75) is 45.8 Å². The third-order valence-corrected chi connectivity index (χ3v) is 8.01. The first kappa shape index (κ1) is 29.5. The normalized spacial score (nSPS) is 19.3. The van der Waals surface area contributed by atoms with E-state index >= 15 is 0 Å². The molecule has 0 radical (unpaired) electrons. The average molecular weight is 569 g/mol. The van der Waals surface area contributed by atoms with Crippen molar-refractivity contribution in [3.8, 4) is 5.75 Å². The predicted octanol–water partition coefficient (Wildman–Crippen LogP) is 5.63. The number of hydrogen-bond acceptors (Lipinski definition) is 6. The van der Waals surface area contributed by atoms with E-state index in [-0.39, 0.29) is 16.7 Å². The fourth-order valence-corrected chi connectivity index (χ4v) is 5.53. The number of aryl methyl sites for hydroxylation is 1. The Bertz CT molecular complexity index is 1450. The van der Waals surface area contributed by atoms with Crippen molar-refractivity contribution in [3.63, 3.8) is 0 Å². The van der Waals surface area contributed by atoms with Crippen LogP contribution in [0.25, 0.3) is 5.76 Å². The maximum atomic E-state index is 13.5. The van der Waals surface area contributed by atoms with Crippen LogP contribution >= 0.6 is 0 Å². The summed E-state index contributed by atoms with van der Waals surface area (Å²) in [6.07, 6.45) is 0. The summed E-state index contributed by atoms with van der Waals surface area (Å²) in [6.45, 7) is 12.8. The maximum absolute atomic E-state index is 13.5. The minimum atomic E-state index is -0.683. The second kappa shape index (κ2) is 12.5. The molecule has 0 saturated carbocycles. The predicted molar refractivity (Wildman–Crippen MR) is 163 cm³/mol. The standard InChI is InChI=1S/C35H40N2O5/c1-24-6-5-7-25(22-24)23-42-29-14-10-27(11-15-29)32(38)30-31(26-8-12-28(13-9-26)35(2,3)4)37(34(40)33(30)39)17-16-36-18-20-41-21-19-36/h5-15,22,31,38H,16-21,23H2,1-4H3/b32-30+. The zero-order valence-corrected chi connectivity index (χ0v) is 24.9. The van der Waals surface area contributed by atoms with E-state index in [1.54, 1.807) is 29.2 Å². The molecule has 0 spiro atoms. The second-order valence-electron chi connectivity index (χ2n) is 12.1. The van der Waals surface area contributed by atoms with E-state index in [1.807, 2.05) is 49.4 Å². The minimum absolute atomic E-state index is 0.0418. The lowest BCUT2D eigenvalue weighted by molar-refractivity contribution is -0.140. The highest BCUT2D eigenvalue weighted by Crippen LogP contribution is 2.40. The summed E-state index contributed by atoms with van der Waals surface area (Å²) >= 11 is 0. The van der Waals surface area contributed by atoms with E-state index in [0.29, 0.717) is 44.2 Å². The maximum Gasteiger partial charge on any atom is 0.295 e. The van der Waals surface area contributed by atoms with Crippen molar-refractivity contribution < 1.29 is 24.2 Å². The third kappa shape index (κ3) is 6.58. The molecule has 1 unspecified atom stereocenters.